The molecule has 120 valence electrons. The summed E-state index contributed by atoms with van der Waals surface area (Å²) in [6.07, 6.45) is 4.97. The topological polar surface area (TPSA) is 67.2 Å². The Labute approximate surface area is 127 Å². The number of nitrogens with zero attached hydrogens (tertiary/aromatic N) is 3. The largest absolute Gasteiger partial charge is 0.299 e. The Balaban J connectivity index is 2.05. The van der Waals surface area contributed by atoms with Gasteiger partial charge in [0.1, 0.15) is 0 Å². The van der Waals surface area contributed by atoms with Crippen LogP contribution in [0, 0.1) is 0 Å². The molecule has 1 aromatic heterocycles. The molecule has 1 aliphatic heterocycles. The highest BCUT2D eigenvalue weighted by Gasteiger charge is 2.25. The van der Waals surface area contributed by atoms with Crippen LogP contribution in [0.15, 0.2) is 17.3 Å². The van der Waals surface area contributed by atoms with Crippen molar-refractivity contribution in [3.63, 3.8) is 0 Å². The van der Waals surface area contributed by atoms with Crippen LogP contribution in [0.2, 0.25) is 0 Å². The van der Waals surface area contributed by atoms with Crippen molar-refractivity contribution in [3.05, 3.63) is 12.3 Å². The Morgan fingerprint density at radius 3 is 2.86 bits per heavy atom. The summed E-state index contributed by atoms with van der Waals surface area (Å²) in [4.78, 5) is 2.35. The SMILES string of the molecule is CCN1CCCC[C@H]1CNS(=O)(=O)c1ccnn1C(C)C. The molecule has 1 fully saturated rings. The molecule has 6 nitrogen and oxygen atoms in total. The number of hydrogen-bond acceptors (Lipinski definition) is 4. The zero-order valence-corrected chi connectivity index (χ0v) is 13.9. The van der Waals surface area contributed by atoms with Crippen LogP contribution in [-0.4, -0.2) is 48.8 Å². The van der Waals surface area contributed by atoms with Crippen LogP contribution >= 0.6 is 0 Å². The lowest BCUT2D eigenvalue weighted by Crippen LogP contribution is -2.46. The fraction of sp³-hybridized carbons (Fsp3) is 0.786. The zero-order chi connectivity index (χ0) is 15.5. The van der Waals surface area contributed by atoms with Gasteiger partial charge in [0.15, 0.2) is 5.03 Å². The van der Waals surface area contributed by atoms with E-state index >= 15 is 0 Å². The van der Waals surface area contributed by atoms with Gasteiger partial charge in [0.25, 0.3) is 10.0 Å². The molecule has 1 N–H and O–H groups in total. The van der Waals surface area contributed by atoms with Gasteiger partial charge in [-0.05, 0) is 45.8 Å². The molecule has 0 aliphatic carbocycles. The van der Waals surface area contributed by atoms with Crippen LogP contribution in [0.1, 0.15) is 46.1 Å². The predicted molar refractivity (Wildman–Crippen MR) is 82.7 cm³/mol. The summed E-state index contributed by atoms with van der Waals surface area (Å²) >= 11 is 0. The van der Waals surface area contributed by atoms with E-state index in [-0.39, 0.29) is 11.1 Å². The van der Waals surface area contributed by atoms with Gasteiger partial charge in [-0.2, -0.15) is 5.10 Å². The summed E-state index contributed by atoms with van der Waals surface area (Å²) in [6, 6.07) is 1.88. The van der Waals surface area contributed by atoms with E-state index in [1.807, 2.05) is 13.8 Å². The van der Waals surface area contributed by atoms with Crippen molar-refractivity contribution in [1.82, 2.24) is 19.4 Å². The molecule has 0 spiro atoms. The molecule has 0 unspecified atom stereocenters. The lowest BCUT2D eigenvalue weighted by Gasteiger charge is -2.34. The van der Waals surface area contributed by atoms with E-state index in [0.717, 1.165) is 19.5 Å². The second-order valence-corrected chi connectivity index (χ2v) is 7.55. The Morgan fingerprint density at radius 2 is 2.19 bits per heavy atom. The first-order chi connectivity index (χ1) is 9.95. The van der Waals surface area contributed by atoms with Gasteiger partial charge < -0.3 is 0 Å². The summed E-state index contributed by atoms with van der Waals surface area (Å²) in [6.45, 7) is 8.47. The highest BCUT2D eigenvalue weighted by atomic mass is 32.2. The average molecular weight is 314 g/mol. The van der Waals surface area contributed by atoms with Gasteiger partial charge in [0, 0.05) is 18.6 Å². The van der Waals surface area contributed by atoms with E-state index in [2.05, 4.69) is 21.6 Å². The van der Waals surface area contributed by atoms with E-state index in [4.69, 9.17) is 0 Å². The number of hydrogen-bond donors (Lipinski definition) is 1. The molecule has 0 bridgehead atoms. The fourth-order valence-electron chi connectivity index (χ4n) is 2.89. The van der Waals surface area contributed by atoms with Crippen LogP contribution in [0.5, 0.6) is 0 Å². The Morgan fingerprint density at radius 1 is 1.43 bits per heavy atom. The van der Waals surface area contributed by atoms with Gasteiger partial charge in [0.05, 0.1) is 6.20 Å². The maximum atomic E-state index is 12.5. The summed E-state index contributed by atoms with van der Waals surface area (Å²) in [5, 5.41) is 4.34. The van der Waals surface area contributed by atoms with Crippen molar-refractivity contribution < 1.29 is 8.42 Å². The number of likely N-dealkylation sites (N-methyl/N-ethyl adjacent to an activating group) is 1. The van der Waals surface area contributed by atoms with Gasteiger partial charge in [-0.15, -0.1) is 0 Å². The van der Waals surface area contributed by atoms with Crippen molar-refractivity contribution in [2.75, 3.05) is 19.6 Å². The monoisotopic (exact) mass is 314 g/mol. The smallest absolute Gasteiger partial charge is 0.257 e. The number of piperidine rings is 1. The average Bonchev–Trinajstić information content (AvgIpc) is 2.96. The van der Waals surface area contributed by atoms with Crippen LogP contribution < -0.4 is 4.72 Å². The molecular weight excluding hydrogens is 288 g/mol. The number of likely N-dealkylation sites (tertiary alicyclic amines) is 1. The van der Waals surface area contributed by atoms with Gasteiger partial charge in [-0.25, -0.2) is 13.1 Å². The zero-order valence-electron chi connectivity index (χ0n) is 13.1. The van der Waals surface area contributed by atoms with E-state index in [1.54, 1.807) is 10.7 Å². The first-order valence-electron chi connectivity index (χ1n) is 7.73. The number of sulfonamides is 1. The minimum Gasteiger partial charge on any atom is -0.299 e. The summed E-state index contributed by atoms with van der Waals surface area (Å²) in [7, 11) is -3.50. The third-order valence-corrected chi connectivity index (χ3v) is 5.48. The van der Waals surface area contributed by atoms with Gasteiger partial charge >= 0.3 is 0 Å². The van der Waals surface area contributed by atoms with Crippen molar-refractivity contribution in [2.24, 2.45) is 0 Å². The molecule has 1 saturated heterocycles. The van der Waals surface area contributed by atoms with Gasteiger partial charge in [-0.1, -0.05) is 13.3 Å². The maximum Gasteiger partial charge on any atom is 0.257 e. The van der Waals surface area contributed by atoms with Crippen LogP contribution in [-0.2, 0) is 10.0 Å². The van der Waals surface area contributed by atoms with Crippen LogP contribution in [0.25, 0.3) is 0 Å². The molecule has 21 heavy (non-hydrogen) atoms. The minimum atomic E-state index is -3.50. The van der Waals surface area contributed by atoms with Gasteiger partial charge in [-0.3, -0.25) is 9.58 Å². The number of rotatable bonds is 6. The third-order valence-electron chi connectivity index (χ3n) is 4.06. The van der Waals surface area contributed by atoms with Crippen molar-refractivity contribution in [1.29, 1.82) is 0 Å². The second-order valence-electron chi connectivity index (χ2n) is 5.84. The molecular formula is C14H26N4O2S. The van der Waals surface area contributed by atoms with Crippen molar-refractivity contribution in [2.45, 2.75) is 57.1 Å². The predicted octanol–water partition coefficient (Wildman–Crippen LogP) is 1.62. The standard InChI is InChI=1S/C14H26N4O2S/c1-4-17-10-6-5-7-13(17)11-16-21(19,20)14-8-9-15-18(14)12(2)3/h8-9,12-13,16H,4-7,10-11H2,1-3H3/t13-/m0/s1. The lowest BCUT2D eigenvalue weighted by atomic mass is 10.0. The quantitative estimate of drug-likeness (QED) is 0.866. The molecule has 0 radical (unpaired) electrons. The molecule has 0 amide bonds. The van der Waals surface area contributed by atoms with Crippen molar-refractivity contribution >= 4 is 10.0 Å². The van der Waals surface area contributed by atoms with E-state index in [0.29, 0.717) is 12.6 Å². The molecule has 0 aromatic carbocycles. The van der Waals surface area contributed by atoms with Crippen LogP contribution in [0.3, 0.4) is 0 Å². The first kappa shape index (κ1) is 16.5. The molecule has 7 heteroatoms. The van der Waals surface area contributed by atoms with E-state index < -0.39 is 10.0 Å². The van der Waals surface area contributed by atoms with E-state index in [9.17, 15) is 8.42 Å². The number of nitrogens with one attached hydrogen (secondary N) is 1. The van der Waals surface area contributed by atoms with Crippen LogP contribution in [0.4, 0.5) is 0 Å². The highest BCUT2D eigenvalue weighted by Crippen LogP contribution is 2.18. The Hall–Kier alpha value is -0.920. The summed E-state index contributed by atoms with van der Waals surface area (Å²) in [5.74, 6) is 0. The fourth-order valence-corrected chi connectivity index (χ4v) is 4.19. The van der Waals surface area contributed by atoms with Crippen molar-refractivity contribution in [3.8, 4) is 0 Å². The molecule has 1 aliphatic rings. The normalized spacial score (nSPS) is 21.0. The maximum absolute atomic E-state index is 12.5. The molecule has 1 atom stereocenters. The summed E-state index contributed by atoms with van der Waals surface area (Å²) in [5.41, 5.74) is 0. The second kappa shape index (κ2) is 6.89. The summed E-state index contributed by atoms with van der Waals surface area (Å²) < 4.78 is 29.2. The molecule has 0 saturated carbocycles. The molecule has 2 rings (SSSR count). The minimum absolute atomic E-state index is 0.0217. The Kier molecular flexibility index (Phi) is 5.40. The molecule has 2 heterocycles. The first-order valence-corrected chi connectivity index (χ1v) is 9.21. The Bertz CT molecular complexity index is 553. The lowest BCUT2D eigenvalue weighted by molar-refractivity contribution is 0.158. The van der Waals surface area contributed by atoms with Gasteiger partial charge in [0.2, 0.25) is 0 Å². The van der Waals surface area contributed by atoms with E-state index in [1.165, 1.54) is 19.0 Å². The third kappa shape index (κ3) is 3.84. The number of aromatic nitrogens is 2. The molecule has 1 aromatic rings. The highest BCUT2D eigenvalue weighted by molar-refractivity contribution is 7.89.